The molecule has 0 saturated heterocycles. The SMILES string of the molecule is CCc1cc2c(C[NH+](CC)CC(=O)Nc3cccc(OC)c3)cc(=O)oc2cc1O. The van der Waals surface area contributed by atoms with Gasteiger partial charge in [-0.05, 0) is 37.1 Å². The zero-order chi connectivity index (χ0) is 21.7. The molecule has 158 valence electrons. The number of rotatable bonds is 8. The normalized spacial score (nSPS) is 12.0. The summed E-state index contributed by atoms with van der Waals surface area (Å²) < 4.78 is 10.4. The second-order valence-electron chi connectivity index (χ2n) is 7.16. The van der Waals surface area contributed by atoms with Crippen LogP contribution in [-0.4, -0.2) is 31.2 Å². The molecule has 2 aromatic carbocycles. The number of aromatic hydroxyl groups is 1. The lowest BCUT2D eigenvalue weighted by Crippen LogP contribution is -3.11. The van der Waals surface area contributed by atoms with E-state index >= 15 is 0 Å². The van der Waals surface area contributed by atoms with Gasteiger partial charge in [0.1, 0.15) is 23.6 Å². The fourth-order valence-corrected chi connectivity index (χ4v) is 3.45. The number of phenolic OH excluding ortho intramolecular Hbond substituents is 1. The molecule has 0 bridgehead atoms. The van der Waals surface area contributed by atoms with Crippen LogP contribution in [0.25, 0.3) is 11.0 Å². The molecule has 0 aliphatic rings. The number of anilines is 1. The molecule has 0 aliphatic carbocycles. The molecular weight excluding hydrogens is 384 g/mol. The predicted octanol–water partition coefficient (Wildman–Crippen LogP) is 2.11. The summed E-state index contributed by atoms with van der Waals surface area (Å²) in [6.45, 7) is 5.37. The third kappa shape index (κ3) is 4.99. The van der Waals surface area contributed by atoms with Crippen LogP contribution in [0.2, 0.25) is 0 Å². The van der Waals surface area contributed by atoms with E-state index in [0.29, 0.717) is 36.5 Å². The molecular formula is C23H27N2O5+. The van der Waals surface area contributed by atoms with Gasteiger partial charge in [-0.1, -0.05) is 13.0 Å². The van der Waals surface area contributed by atoms with Gasteiger partial charge in [-0.15, -0.1) is 0 Å². The predicted molar refractivity (Wildman–Crippen MR) is 115 cm³/mol. The monoisotopic (exact) mass is 411 g/mol. The smallest absolute Gasteiger partial charge is 0.336 e. The van der Waals surface area contributed by atoms with Crippen LogP contribution >= 0.6 is 0 Å². The number of methoxy groups -OCH3 is 1. The number of hydrogen-bond donors (Lipinski definition) is 3. The first-order valence-electron chi connectivity index (χ1n) is 9.99. The zero-order valence-corrected chi connectivity index (χ0v) is 17.5. The van der Waals surface area contributed by atoms with E-state index in [0.717, 1.165) is 21.4 Å². The van der Waals surface area contributed by atoms with Crippen molar-refractivity contribution >= 4 is 22.6 Å². The van der Waals surface area contributed by atoms with Crippen molar-refractivity contribution in [2.75, 3.05) is 25.5 Å². The Bertz CT molecular complexity index is 1110. The quantitative estimate of drug-likeness (QED) is 0.494. The van der Waals surface area contributed by atoms with Gasteiger partial charge >= 0.3 is 5.63 Å². The highest BCUT2D eigenvalue weighted by Gasteiger charge is 2.17. The van der Waals surface area contributed by atoms with E-state index in [1.165, 1.54) is 12.1 Å². The summed E-state index contributed by atoms with van der Waals surface area (Å²) in [5.74, 6) is 0.659. The highest BCUT2D eigenvalue weighted by atomic mass is 16.5. The summed E-state index contributed by atoms with van der Waals surface area (Å²) in [5, 5.41) is 13.8. The number of fused-ring (bicyclic) bond motifs is 1. The van der Waals surface area contributed by atoms with E-state index in [1.54, 1.807) is 19.2 Å². The van der Waals surface area contributed by atoms with Gasteiger partial charge in [-0.25, -0.2) is 4.79 Å². The molecule has 1 heterocycles. The molecule has 3 aromatic rings. The van der Waals surface area contributed by atoms with Crippen LogP contribution in [0.4, 0.5) is 5.69 Å². The molecule has 0 saturated carbocycles. The third-order valence-corrected chi connectivity index (χ3v) is 5.11. The largest absolute Gasteiger partial charge is 0.508 e. The van der Waals surface area contributed by atoms with E-state index in [2.05, 4.69) is 5.32 Å². The molecule has 7 nitrogen and oxygen atoms in total. The molecule has 1 amide bonds. The van der Waals surface area contributed by atoms with Crippen LogP contribution in [0.5, 0.6) is 11.5 Å². The number of carbonyl (C=O) groups is 1. The van der Waals surface area contributed by atoms with Crippen molar-refractivity contribution in [1.29, 1.82) is 0 Å². The fraction of sp³-hybridized carbons (Fsp3) is 0.304. The Morgan fingerprint density at radius 3 is 2.67 bits per heavy atom. The van der Waals surface area contributed by atoms with E-state index in [9.17, 15) is 14.7 Å². The minimum Gasteiger partial charge on any atom is -0.508 e. The van der Waals surface area contributed by atoms with Crippen LogP contribution in [-0.2, 0) is 17.8 Å². The number of quaternary nitrogens is 1. The standard InChI is InChI=1S/C23H26N2O5/c1-4-15-9-19-16(10-23(28)30-21(19)12-20(15)26)13-25(5-2)14-22(27)24-17-7-6-8-18(11-17)29-3/h6-12,26H,4-5,13-14H2,1-3H3,(H,24,27)/p+1. The van der Waals surface area contributed by atoms with E-state index in [-0.39, 0.29) is 18.2 Å². The minimum atomic E-state index is -0.475. The summed E-state index contributed by atoms with van der Waals surface area (Å²) in [6, 6.07) is 12.0. The van der Waals surface area contributed by atoms with Gasteiger partial charge < -0.3 is 24.5 Å². The first kappa shape index (κ1) is 21.4. The maximum atomic E-state index is 12.6. The Morgan fingerprint density at radius 2 is 1.97 bits per heavy atom. The number of benzene rings is 2. The van der Waals surface area contributed by atoms with Crippen molar-refractivity contribution in [2.24, 2.45) is 0 Å². The van der Waals surface area contributed by atoms with E-state index in [4.69, 9.17) is 9.15 Å². The topological polar surface area (TPSA) is 93.2 Å². The summed E-state index contributed by atoms with van der Waals surface area (Å²) in [7, 11) is 1.58. The second-order valence-corrected chi connectivity index (χ2v) is 7.16. The number of aryl methyl sites for hydroxylation is 1. The van der Waals surface area contributed by atoms with Gasteiger partial charge in [0.25, 0.3) is 5.91 Å². The van der Waals surface area contributed by atoms with Crippen LogP contribution in [0.15, 0.2) is 51.7 Å². The van der Waals surface area contributed by atoms with Crippen LogP contribution in [0, 0.1) is 0 Å². The lowest BCUT2D eigenvalue weighted by atomic mass is 10.0. The van der Waals surface area contributed by atoms with Crippen molar-refractivity contribution < 1.29 is 24.0 Å². The highest BCUT2D eigenvalue weighted by Crippen LogP contribution is 2.26. The number of nitrogens with one attached hydrogen (secondary N) is 2. The van der Waals surface area contributed by atoms with Crippen molar-refractivity contribution in [3.8, 4) is 11.5 Å². The molecule has 0 fully saturated rings. The van der Waals surface area contributed by atoms with Gasteiger partial charge in [-0.3, -0.25) is 4.79 Å². The second kappa shape index (κ2) is 9.45. The third-order valence-electron chi connectivity index (χ3n) is 5.11. The number of ether oxygens (including phenoxy) is 1. The van der Waals surface area contributed by atoms with Gasteiger partial charge in [0.15, 0.2) is 6.54 Å². The Balaban J connectivity index is 1.80. The summed E-state index contributed by atoms with van der Waals surface area (Å²) >= 11 is 0. The van der Waals surface area contributed by atoms with E-state index in [1.807, 2.05) is 32.0 Å². The molecule has 0 spiro atoms. The van der Waals surface area contributed by atoms with E-state index < -0.39 is 5.63 Å². The number of hydrogen-bond acceptors (Lipinski definition) is 5. The molecule has 3 N–H and O–H groups in total. The average molecular weight is 411 g/mol. The van der Waals surface area contributed by atoms with Gasteiger partial charge in [0.05, 0.1) is 13.7 Å². The van der Waals surface area contributed by atoms with Gasteiger partial charge in [0, 0.05) is 34.8 Å². The Hall–Kier alpha value is -3.32. The number of amides is 1. The van der Waals surface area contributed by atoms with Crippen molar-refractivity contribution in [3.63, 3.8) is 0 Å². The molecule has 1 atom stereocenters. The number of carbonyl (C=O) groups excluding carboxylic acids is 1. The van der Waals surface area contributed by atoms with Crippen molar-refractivity contribution in [2.45, 2.75) is 26.8 Å². The molecule has 30 heavy (non-hydrogen) atoms. The summed E-state index contributed by atoms with van der Waals surface area (Å²) in [4.78, 5) is 25.6. The average Bonchev–Trinajstić information content (AvgIpc) is 2.72. The summed E-state index contributed by atoms with van der Waals surface area (Å²) in [5.41, 5.74) is 2.12. The first-order chi connectivity index (χ1) is 14.4. The molecule has 0 radical (unpaired) electrons. The Morgan fingerprint density at radius 1 is 1.17 bits per heavy atom. The first-order valence-corrected chi connectivity index (χ1v) is 9.99. The fourth-order valence-electron chi connectivity index (χ4n) is 3.45. The molecule has 1 aromatic heterocycles. The Kier molecular flexibility index (Phi) is 6.74. The molecule has 1 unspecified atom stereocenters. The highest BCUT2D eigenvalue weighted by molar-refractivity contribution is 5.91. The Labute approximate surface area is 174 Å². The van der Waals surface area contributed by atoms with Crippen molar-refractivity contribution in [3.05, 3.63) is 64.0 Å². The van der Waals surface area contributed by atoms with Gasteiger partial charge in [-0.2, -0.15) is 0 Å². The van der Waals surface area contributed by atoms with Crippen LogP contribution < -0.4 is 20.6 Å². The zero-order valence-electron chi connectivity index (χ0n) is 17.5. The number of phenols is 1. The molecule has 7 heteroatoms. The lowest BCUT2D eigenvalue weighted by Gasteiger charge is -2.18. The number of likely N-dealkylation sites (N-methyl/N-ethyl adjacent to an activating group) is 1. The van der Waals surface area contributed by atoms with Crippen LogP contribution in [0.1, 0.15) is 25.0 Å². The van der Waals surface area contributed by atoms with Crippen molar-refractivity contribution in [1.82, 2.24) is 0 Å². The lowest BCUT2D eigenvalue weighted by molar-refractivity contribution is -0.903. The molecule has 0 aliphatic heterocycles. The maximum absolute atomic E-state index is 12.6. The summed E-state index contributed by atoms with van der Waals surface area (Å²) in [6.07, 6.45) is 0.660. The minimum absolute atomic E-state index is 0.114. The van der Waals surface area contributed by atoms with Crippen LogP contribution in [0.3, 0.4) is 0 Å². The molecule has 3 rings (SSSR count). The van der Waals surface area contributed by atoms with Gasteiger partial charge in [0.2, 0.25) is 0 Å². The maximum Gasteiger partial charge on any atom is 0.336 e.